The first-order chi connectivity index (χ1) is 11.4. The van der Waals surface area contributed by atoms with Gasteiger partial charge in [-0.3, -0.25) is 0 Å². The SMILES string of the molecule is C[I-]/C=C\c1cc(Br)cc(NS(=O)(=O)c2ccc(C)cc2)c1N[O-]. The van der Waals surface area contributed by atoms with Crippen LogP contribution in [0.2, 0.25) is 0 Å². The summed E-state index contributed by atoms with van der Waals surface area (Å²) >= 11 is 3.26. The Kier molecular flexibility index (Phi) is 6.67. The van der Waals surface area contributed by atoms with E-state index in [-0.39, 0.29) is 37.5 Å². The summed E-state index contributed by atoms with van der Waals surface area (Å²) in [7, 11) is -3.78. The van der Waals surface area contributed by atoms with Gasteiger partial charge in [0.1, 0.15) is 0 Å². The molecule has 24 heavy (non-hydrogen) atoms. The first-order valence-corrected chi connectivity index (χ1v) is 12.5. The summed E-state index contributed by atoms with van der Waals surface area (Å²) in [5, 5.41) is 11.4. The van der Waals surface area contributed by atoms with Crippen LogP contribution in [0.15, 0.2) is 49.8 Å². The van der Waals surface area contributed by atoms with Gasteiger partial charge in [-0.15, -0.1) is 0 Å². The van der Waals surface area contributed by atoms with Gasteiger partial charge in [-0.2, -0.15) is 0 Å². The molecule has 0 aromatic heterocycles. The number of rotatable bonds is 6. The third-order valence-corrected chi connectivity index (χ3v) is 6.10. The number of aryl methyl sites for hydroxylation is 1. The van der Waals surface area contributed by atoms with Gasteiger partial charge in [0, 0.05) is 0 Å². The van der Waals surface area contributed by atoms with E-state index in [1.54, 1.807) is 24.3 Å². The van der Waals surface area contributed by atoms with Crippen LogP contribution in [-0.2, 0) is 10.0 Å². The van der Waals surface area contributed by atoms with Gasteiger partial charge in [0.25, 0.3) is 0 Å². The van der Waals surface area contributed by atoms with Gasteiger partial charge in [-0.1, -0.05) is 0 Å². The molecule has 0 radical (unpaired) electrons. The zero-order valence-electron chi connectivity index (χ0n) is 13.0. The Bertz CT molecular complexity index is 852. The number of hydrogen-bond donors (Lipinski definition) is 2. The molecule has 0 saturated carbocycles. The van der Waals surface area contributed by atoms with E-state index < -0.39 is 10.0 Å². The van der Waals surface area contributed by atoms with Crippen LogP contribution in [0.1, 0.15) is 11.1 Å². The van der Waals surface area contributed by atoms with Gasteiger partial charge < -0.3 is 0 Å². The van der Waals surface area contributed by atoms with Crippen LogP contribution >= 0.6 is 15.9 Å². The molecule has 0 spiro atoms. The molecule has 0 atom stereocenters. The predicted molar refractivity (Wildman–Crippen MR) is 98.1 cm³/mol. The van der Waals surface area contributed by atoms with Crippen molar-refractivity contribution in [3.63, 3.8) is 0 Å². The Morgan fingerprint density at radius 3 is 2.46 bits per heavy atom. The van der Waals surface area contributed by atoms with Crippen LogP contribution in [0.5, 0.6) is 0 Å². The predicted octanol–water partition coefficient (Wildman–Crippen LogP) is 1.16. The van der Waals surface area contributed by atoms with Crippen LogP contribution in [0.25, 0.3) is 6.08 Å². The standard InChI is InChI=1S/C16H16BrIN2O3S/c1-11-3-5-14(6-4-11)24(22,23)20-15-10-13(17)9-12(7-8-18-2)16(15)19-21/h3-10,19-20H,1-2H3/q-2/b8-7-. The van der Waals surface area contributed by atoms with Gasteiger partial charge >= 0.3 is 161 Å². The fraction of sp³-hybridized carbons (Fsp3) is 0.125. The topological polar surface area (TPSA) is 81.3 Å². The molecule has 0 aliphatic heterocycles. The minimum atomic E-state index is -3.78. The van der Waals surface area contributed by atoms with E-state index in [0.717, 1.165) is 5.56 Å². The molecule has 0 aliphatic rings. The number of alkyl halides is 1. The molecule has 2 aromatic carbocycles. The van der Waals surface area contributed by atoms with Crippen molar-refractivity contribution in [1.82, 2.24) is 0 Å². The number of sulfonamides is 1. The first-order valence-electron chi connectivity index (χ1n) is 6.83. The zero-order chi connectivity index (χ0) is 17.7. The summed E-state index contributed by atoms with van der Waals surface area (Å²) in [5.41, 5.74) is 3.84. The van der Waals surface area contributed by atoms with Crippen LogP contribution < -0.4 is 31.4 Å². The Morgan fingerprint density at radius 1 is 1.21 bits per heavy atom. The molecular weight excluding hydrogens is 507 g/mol. The maximum absolute atomic E-state index is 12.5. The second-order valence-electron chi connectivity index (χ2n) is 4.95. The summed E-state index contributed by atoms with van der Waals surface area (Å²) < 4.78 is 30.3. The molecule has 0 saturated heterocycles. The summed E-state index contributed by atoms with van der Waals surface area (Å²) in [6.45, 7) is 1.88. The fourth-order valence-electron chi connectivity index (χ4n) is 2.01. The average molecular weight is 523 g/mol. The number of halogens is 2. The molecular formula is C16H16BrIN2O3S-2. The molecule has 8 heteroatoms. The molecule has 0 fully saturated rings. The van der Waals surface area contributed by atoms with E-state index in [4.69, 9.17) is 0 Å². The van der Waals surface area contributed by atoms with Gasteiger partial charge in [0.05, 0.1) is 0 Å². The molecule has 130 valence electrons. The average Bonchev–Trinajstić information content (AvgIpc) is 2.52. The van der Waals surface area contributed by atoms with Gasteiger partial charge in [-0.25, -0.2) is 0 Å². The molecule has 2 N–H and O–H groups in total. The quantitative estimate of drug-likeness (QED) is 0.339. The monoisotopic (exact) mass is 522 g/mol. The van der Waals surface area contributed by atoms with Crippen LogP contribution in [-0.4, -0.2) is 13.3 Å². The molecule has 2 rings (SSSR count). The third-order valence-electron chi connectivity index (χ3n) is 3.18. The van der Waals surface area contributed by atoms with E-state index in [1.165, 1.54) is 12.1 Å². The van der Waals surface area contributed by atoms with E-state index in [0.29, 0.717) is 10.0 Å². The zero-order valence-corrected chi connectivity index (χ0v) is 17.6. The molecule has 0 bridgehead atoms. The van der Waals surface area contributed by atoms with E-state index in [9.17, 15) is 13.6 Å². The van der Waals surface area contributed by atoms with Crippen molar-refractivity contribution in [3.05, 3.63) is 61.3 Å². The molecule has 0 heterocycles. The van der Waals surface area contributed by atoms with Crippen LogP contribution in [0.3, 0.4) is 0 Å². The van der Waals surface area contributed by atoms with Crippen molar-refractivity contribution in [2.75, 3.05) is 15.1 Å². The van der Waals surface area contributed by atoms with Crippen molar-refractivity contribution >= 4 is 43.4 Å². The Balaban J connectivity index is 2.46. The van der Waals surface area contributed by atoms with E-state index >= 15 is 0 Å². The number of hydrogen-bond acceptors (Lipinski definition) is 4. The summed E-state index contributed by atoms with van der Waals surface area (Å²) in [6.07, 6.45) is 1.82. The summed E-state index contributed by atoms with van der Waals surface area (Å²) in [6, 6.07) is 9.83. The Hall–Kier alpha value is -1.10. The number of benzene rings is 2. The minimum absolute atomic E-state index is 0.0882. The summed E-state index contributed by atoms with van der Waals surface area (Å²) in [4.78, 5) is 2.22. The number of nitrogens with one attached hydrogen (secondary N) is 2. The second-order valence-corrected chi connectivity index (χ2v) is 9.51. The molecule has 2 aromatic rings. The fourth-order valence-corrected chi connectivity index (χ4v) is 4.29. The summed E-state index contributed by atoms with van der Waals surface area (Å²) in [5.74, 6) is 0. The van der Waals surface area contributed by atoms with Gasteiger partial charge in [0.2, 0.25) is 0 Å². The maximum atomic E-state index is 12.5. The van der Waals surface area contributed by atoms with E-state index in [2.05, 4.69) is 25.6 Å². The van der Waals surface area contributed by atoms with Gasteiger partial charge in [0.15, 0.2) is 0 Å². The van der Waals surface area contributed by atoms with Crippen molar-refractivity contribution in [2.45, 2.75) is 11.8 Å². The Labute approximate surface area is 160 Å². The first kappa shape index (κ1) is 19.2. The normalized spacial score (nSPS) is 11.8. The van der Waals surface area contributed by atoms with Crippen molar-refractivity contribution in [1.29, 1.82) is 0 Å². The second kappa shape index (κ2) is 8.32. The van der Waals surface area contributed by atoms with Gasteiger partial charge in [-0.05, 0) is 0 Å². The van der Waals surface area contributed by atoms with Crippen molar-refractivity contribution in [2.24, 2.45) is 0 Å². The van der Waals surface area contributed by atoms with Crippen LogP contribution in [0.4, 0.5) is 11.4 Å². The molecule has 0 amide bonds. The molecule has 0 unspecified atom stereocenters. The molecule has 0 aliphatic carbocycles. The van der Waals surface area contributed by atoms with Crippen molar-refractivity contribution < 1.29 is 29.6 Å². The molecule has 5 nitrogen and oxygen atoms in total. The third kappa shape index (κ3) is 4.71. The van der Waals surface area contributed by atoms with Crippen molar-refractivity contribution in [3.8, 4) is 0 Å². The Morgan fingerprint density at radius 2 is 1.88 bits per heavy atom. The van der Waals surface area contributed by atoms with E-state index in [1.807, 2.05) is 22.6 Å². The number of anilines is 2. The van der Waals surface area contributed by atoms with Crippen LogP contribution in [0, 0.1) is 12.1 Å².